The highest BCUT2D eigenvalue weighted by molar-refractivity contribution is 7.90. The fraction of sp³-hybridized carbons (Fsp3) is 0.500. The molecule has 1 atom stereocenters. The molecule has 1 aliphatic rings. The van der Waals surface area contributed by atoms with Crippen LogP contribution in [0.25, 0.3) is 0 Å². The smallest absolute Gasteiger partial charge is 0.304 e. The van der Waals surface area contributed by atoms with Crippen LogP contribution in [0.5, 0.6) is 0 Å². The first-order chi connectivity index (χ1) is 18.0. The lowest BCUT2D eigenvalue weighted by Gasteiger charge is -2.35. The van der Waals surface area contributed by atoms with Crippen LogP contribution in [0.2, 0.25) is 0 Å². The molecule has 1 aliphatic carbocycles. The van der Waals surface area contributed by atoms with Crippen LogP contribution in [0, 0.1) is 12.7 Å². The highest BCUT2D eigenvalue weighted by Gasteiger charge is 2.34. The van der Waals surface area contributed by atoms with Gasteiger partial charge in [-0.05, 0) is 56.0 Å². The first kappa shape index (κ1) is 29.6. The Morgan fingerprint density at radius 2 is 1.61 bits per heavy atom. The van der Waals surface area contributed by atoms with E-state index < -0.39 is 34.5 Å². The van der Waals surface area contributed by atoms with Crippen molar-refractivity contribution in [1.82, 2.24) is 14.5 Å². The molecule has 1 saturated carbocycles. The van der Waals surface area contributed by atoms with Crippen molar-refractivity contribution in [2.45, 2.75) is 71.0 Å². The third-order valence-electron chi connectivity index (χ3n) is 6.94. The number of halogens is 1. The van der Waals surface area contributed by atoms with E-state index in [4.69, 9.17) is 0 Å². The standard InChI is InChI=1S/C28H39FN4O4S/c1-5-26(28(35)30-24-9-7-6-8-10-24)32(19-22-13-11-21(2)12-14-22)27(34)20-33(38(36,37)31(3)4)25-17-15-23(29)16-18-25/h11-18,24,26H,5-10,19-20H2,1-4H3,(H,30,35)/t26-/m1/s1. The van der Waals surface area contributed by atoms with Crippen molar-refractivity contribution in [2.24, 2.45) is 0 Å². The lowest BCUT2D eigenvalue weighted by molar-refractivity contribution is -0.140. The third kappa shape index (κ3) is 7.54. The van der Waals surface area contributed by atoms with Gasteiger partial charge in [0.15, 0.2) is 0 Å². The van der Waals surface area contributed by atoms with Gasteiger partial charge in [0.2, 0.25) is 11.8 Å². The summed E-state index contributed by atoms with van der Waals surface area (Å²) in [6.07, 6.45) is 5.46. The molecule has 0 bridgehead atoms. The molecule has 38 heavy (non-hydrogen) atoms. The minimum Gasteiger partial charge on any atom is -0.352 e. The molecule has 0 aliphatic heterocycles. The number of benzene rings is 2. The van der Waals surface area contributed by atoms with Gasteiger partial charge in [-0.1, -0.05) is 56.0 Å². The zero-order valence-corrected chi connectivity index (χ0v) is 23.5. The summed E-state index contributed by atoms with van der Waals surface area (Å²) in [6.45, 7) is 3.42. The van der Waals surface area contributed by atoms with Crippen LogP contribution < -0.4 is 9.62 Å². The van der Waals surface area contributed by atoms with Crippen LogP contribution in [0.1, 0.15) is 56.6 Å². The number of hydrogen-bond donors (Lipinski definition) is 1. The van der Waals surface area contributed by atoms with Crippen molar-refractivity contribution in [1.29, 1.82) is 0 Å². The predicted molar refractivity (Wildman–Crippen MR) is 147 cm³/mol. The minimum atomic E-state index is -4.09. The van der Waals surface area contributed by atoms with Crippen LogP contribution in [0.15, 0.2) is 48.5 Å². The molecule has 2 amide bonds. The van der Waals surface area contributed by atoms with E-state index in [2.05, 4.69) is 5.32 Å². The van der Waals surface area contributed by atoms with E-state index in [9.17, 15) is 22.4 Å². The molecule has 0 unspecified atom stereocenters. The first-order valence-corrected chi connectivity index (χ1v) is 14.5. The summed E-state index contributed by atoms with van der Waals surface area (Å²) in [5, 5.41) is 3.13. The lowest BCUT2D eigenvalue weighted by Crippen LogP contribution is -2.54. The zero-order chi connectivity index (χ0) is 27.9. The quantitative estimate of drug-likeness (QED) is 0.461. The molecule has 10 heteroatoms. The van der Waals surface area contributed by atoms with Crippen molar-refractivity contribution in [3.8, 4) is 0 Å². The van der Waals surface area contributed by atoms with Gasteiger partial charge in [0.25, 0.3) is 0 Å². The number of aryl methyl sites for hydroxylation is 1. The van der Waals surface area contributed by atoms with Crippen molar-refractivity contribution < 1.29 is 22.4 Å². The van der Waals surface area contributed by atoms with E-state index in [1.807, 2.05) is 38.1 Å². The molecule has 3 rings (SSSR count). The lowest BCUT2D eigenvalue weighted by atomic mass is 9.95. The molecule has 1 N–H and O–H groups in total. The number of anilines is 1. The second-order valence-electron chi connectivity index (χ2n) is 10.0. The molecule has 0 aromatic heterocycles. The van der Waals surface area contributed by atoms with E-state index in [1.165, 1.54) is 31.1 Å². The summed E-state index contributed by atoms with van der Waals surface area (Å²) in [7, 11) is -1.36. The van der Waals surface area contributed by atoms with Crippen LogP contribution in [0.3, 0.4) is 0 Å². The van der Waals surface area contributed by atoms with Gasteiger partial charge in [0.1, 0.15) is 18.4 Å². The Morgan fingerprint density at radius 3 is 2.16 bits per heavy atom. The van der Waals surface area contributed by atoms with Crippen LogP contribution in [0.4, 0.5) is 10.1 Å². The molecule has 208 valence electrons. The largest absolute Gasteiger partial charge is 0.352 e. The summed E-state index contributed by atoms with van der Waals surface area (Å²) < 4.78 is 42.0. The number of amides is 2. The predicted octanol–water partition coefficient (Wildman–Crippen LogP) is 4.00. The number of carbonyl (C=O) groups excluding carboxylic acids is 2. The van der Waals surface area contributed by atoms with Gasteiger partial charge in [-0.2, -0.15) is 12.7 Å². The Hall–Kier alpha value is -2.98. The summed E-state index contributed by atoms with van der Waals surface area (Å²) in [4.78, 5) is 28.8. The number of carbonyl (C=O) groups is 2. The van der Waals surface area contributed by atoms with Gasteiger partial charge < -0.3 is 10.2 Å². The third-order valence-corrected chi connectivity index (χ3v) is 8.76. The zero-order valence-electron chi connectivity index (χ0n) is 22.7. The SMILES string of the molecule is CC[C@H](C(=O)NC1CCCCC1)N(Cc1ccc(C)cc1)C(=O)CN(c1ccc(F)cc1)S(=O)(=O)N(C)C. The van der Waals surface area contributed by atoms with Gasteiger partial charge in [0, 0.05) is 26.7 Å². The molecule has 1 fully saturated rings. The average molecular weight is 547 g/mol. The van der Waals surface area contributed by atoms with E-state index in [0.717, 1.165) is 64.0 Å². The average Bonchev–Trinajstić information content (AvgIpc) is 2.89. The highest BCUT2D eigenvalue weighted by Crippen LogP contribution is 2.23. The van der Waals surface area contributed by atoms with Crippen molar-refractivity contribution in [3.05, 3.63) is 65.5 Å². The fourth-order valence-corrected chi connectivity index (χ4v) is 5.73. The van der Waals surface area contributed by atoms with E-state index in [-0.39, 0.29) is 24.2 Å². The molecular formula is C28H39FN4O4S. The summed E-state index contributed by atoms with van der Waals surface area (Å²) in [5.74, 6) is -1.27. The molecule has 8 nitrogen and oxygen atoms in total. The second-order valence-corrected chi connectivity index (χ2v) is 12.1. The Labute approximate surface area is 226 Å². The number of rotatable bonds is 11. The molecule has 0 radical (unpaired) electrons. The van der Waals surface area contributed by atoms with Gasteiger partial charge in [-0.3, -0.25) is 9.59 Å². The number of nitrogens with zero attached hydrogens (tertiary/aromatic N) is 3. The Morgan fingerprint density at radius 1 is 1.00 bits per heavy atom. The maximum absolute atomic E-state index is 13.9. The van der Waals surface area contributed by atoms with Gasteiger partial charge in [-0.25, -0.2) is 8.70 Å². The van der Waals surface area contributed by atoms with E-state index >= 15 is 0 Å². The summed E-state index contributed by atoms with van der Waals surface area (Å²) in [6, 6.07) is 11.9. The van der Waals surface area contributed by atoms with Gasteiger partial charge in [0.05, 0.1) is 5.69 Å². The molecule has 2 aromatic rings. The van der Waals surface area contributed by atoms with E-state index in [1.54, 1.807) is 0 Å². The second kappa shape index (κ2) is 13.2. The molecule has 0 heterocycles. The Balaban J connectivity index is 1.94. The topological polar surface area (TPSA) is 90.0 Å². The minimum absolute atomic E-state index is 0.0754. The normalized spacial score (nSPS) is 15.2. The monoisotopic (exact) mass is 546 g/mol. The Bertz CT molecular complexity index is 1180. The maximum atomic E-state index is 13.9. The van der Waals surface area contributed by atoms with E-state index in [0.29, 0.717) is 6.42 Å². The molecule has 0 spiro atoms. The summed E-state index contributed by atoms with van der Waals surface area (Å²) >= 11 is 0. The molecule has 2 aromatic carbocycles. The highest BCUT2D eigenvalue weighted by atomic mass is 32.2. The van der Waals surface area contributed by atoms with Crippen molar-refractivity contribution in [2.75, 3.05) is 24.9 Å². The number of hydrogen-bond acceptors (Lipinski definition) is 4. The maximum Gasteiger partial charge on any atom is 0.304 e. The van der Waals surface area contributed by atoms with Crippen LogP contribution in [-0.2, 0) is 26.3 Å². The van der Waals surface area contributed by atoms with Crippen LogP contribution in [-0.4, -0.2) is 62.2 Å². The molecular weight excluding hydrogens is 507 g/mol. The summed E-state index contributed by atoms with van der Waals surface area (Å²) in [5.41, 5.74) is 2.05. The van der Waals surface area contributed by atoms with Crippen molar-refractivity contribution >= 4 is 27.7 Å². The molecule has 0 saturated heterocycles. The fourth-order valence-electron chi connectivity index (χ4n) is 4.68. The Kier molecular flexibility index (Phi) is 10.3. The van der Waals surface area contributed by atoms with Crippen molar-refractivity contribution in [3.63, 3.8) is 0 Å². The van der Waals surface area contributed by atoms with Crippen LogP contribution >= 0.6 is 0 Å². The first-order valence-electron chi connectivity index (χ1n) is 13.1. The number of nitrogens with one attached hydrogen (secondary N) is 1. The van der Waals surface area contributed by atoms with Gasteiger partial charge in [-0.15, -0.1) is 0 Å². The van der Waals surface area contributed by atoms with Gasteiger partial charge >= 0.3 is 10.2 Å².